The Hall–Kier alpha value is -1.61. The van der Waals surface area contributed by atoms with E-state index in [9.17, 15) is 0 Å². The topological polar surface area (TPSA) is 13.1 Å². The van der Waals surface area contributed by atoms with Gasteiger partial charge < -0.3 is 9.13 Å². The van der Waals surface area contributed by atoms with E-state index in [0.717, 1.165) is 5.75 Å². The predicted octanol–water partition coefficient (Wildman–Crippen LogP) is 4.14. The van der Waals surface area contributed by atoms with Gasteiger partial charge in [-0.15, -0.1) is 0 Å². The molecule has 1 aromatic heterocycles. The predicted molar refractivity (Wildman–Crippen MR) is 128 cm³/mol. The van der Waals surface area contributed by atoms with Gasteiger partial charge in [0.25, 0.3) is 0 Å². The second-order valence-electron chi connectivity index (χ2n) is 7.00. The van der Waals surface area contributed by atoms with Crippen LogP contribution in [0.15, 0.2) is 78.9 Å². The Morgan fingerprint density at radius 3 is 1.93 bits per heavy atom. The smallest absolute Gasteiger partial charge is 0.514 e. The van der Waals surface area contributed by atoms with Crippen molar-refractivity contribution >= 4 is 73.5 Å². The van der Waals surface area contributed by atoms with E-state index in [2.05, 4.69) is 135 Å². The van der Waals surface area contributed by atoms with Gasteiger partial charge in [0.2, 0.25) is 5.52 Å². The third kappa shape index (κ3) is 2.62. The Morgan fingerprint density at radius 2 is 1.33 bits per heavy atom. The summed E-state index contributed by atoms with van der Waals surface area (Å²) in [5.41, 5.74) is 4.75. The fourth-order valence-electron chi connectivity index (χ4n) is 4.27. The summed E-state index contributed by atoms with van der Waals surface area (Å²) in [6.45, 7) is 0.578. The fourth-order valence-corrected chi connectivity index (χ4v) is 4.99. The number of nitrogens with zero attached hydrogens (tertiary/aromatic N) is 1. The zero-order valence-corrected chi connectivity index (χ0v) is 19.0. The monoisotopic (exact) mass is 575 g/mol. The summed E-state index contributed by atoms with van der Waals surface area (Å²) in [6, 6.07) is 28.2. The SMILES string of the molecule is Cc1ccc2cccc3c2[n+]1[B-](c1ccc(I)cc1)(c1ccc(I)cc1)O3. The number of pyridine rings is 1. The molecule has 5 rings (SSSR count). The van der Waals surface area contributed by atoms with Crippen molar-refractivity contribution < 1.29 is 9.13 Å². The molecule has 4 aromatic rings. The van der Waals surface area contributed by atoms with Crippen LogP contribution >= 0.6 is 45.2 Å². The molecule has 0 N–H and O–H groups in total. The van der Waals surface area contributed by atoms with Crippen molar-refractivity contribution in [3.8, 4) is 5.75 Å². The summed E-state index contributed by atoms with van der Waals surface area (Å²) in [6.07, 6.45) is 0. The molecule has 0 fully saturated rings. The standard InChI is InChI=1S/C22H16BI2NO/c1-15-5-6-16-3-2-4-21-22(16)26(15)23(27-21,17-7-11-19(24)12-8-17)18-9-13-20(25)14-10-18/h2-14H,1H3. The lowest BCUT2D eigenvalue weighted by atomic mass is 9.41. The van der Waals surface area contributed by atoms with Crippen LogP contribution in [-0.2, 0) is 0 Å². The van der Waals surface area contributed by atoms with Gasteiger partial charge in [0.15, 0.2) is 0 Å². The zero-order chi connectivity index (χ0) is 18.6. The van der Waals surface area contributed by atoms with Gasteiger partial charge in [0.1, 0.15) is 11.4 Å². The lowest BCUT2D eigenvalue weighted by molar-refractivity contribution is -0.523. The lowest BCUT2D eigenvalue weighted by Gasteiger charge is -2.32. The maximum atomic E-state index is 6.86. The van der Waals surface area contributed by atoms with Gasteiger partial charge in [0.05, 0.1) is 0 Å². The van der Waals surface area contributed by atoms with E-state index < -0.39 is 6.48 Å². The number of hydrogen-bond donors (Lipinski definition) is 0. The largest absolute Gasteiger partial charge is 0.647 e. The molecule has 1 aliphatic heterocycles. The molecule has 0 unspecified atom stereocenters. The molecule has 0 bridgehead atoms. The Kier molecular flexibility index (Phi) is 4.20. The molecule has 3 aromatic carbocycles. The minimum Gasteiger partial charge on any atom is -0.647 e. The molecule has 2 nitrogen and oxygen atoms in total. The number of aromatic nitrogens is 1. The van der Waals surface area contributed by atoms with Crippen molar-refractivity contribution in [1.29, 1.82) is 0 Å². The highest BCUT2D eigenvalue weighted by Crippen LogP contribution is 2.31. The Bertz CT molecular complexity index is 1130. The van der Waals surface area contributed by atoms with E-state index in [1.165, 1.54) is 34.7 Å². The number of benzene rings is 3. The molecule has 0 atom stereocenters. The summed E-state index contributed by atoms with van der Waals surface area (Å²) in [7, 11) is 0. The van der Waals surface area contributed by atoms with Crippen LogP contribution in [0.3, 0.4) is 0 Å². The molecule has 132 valence electrons. The van der Waals surface area contributed by atoms with Crippen LogP contribution in [0.1, 0.15) is 5.69 Å². The van der Waals surface area contributed by atoms with Crippen molar-refractivity contribution in [2.45, 2.75) is 6.92 Å². The van der Waals surface area contributed by atoms with Gasteiger partial charge in [-0.3, -0.25) is 0 Å². The minimum atomic E-state index is -1.59. The maximum absolute atomic E-state index is 6.86. The molecule has 0 saturated carbocycles. The second-order valence-corrected chi connectivity index (χ2v) is 9.49. The summed E-state index contributed by atoms with van der Waals surface area (Å²) in [4.78, 5) is 0. The molecule has 1 aliphatic rings. The summed E-state index contributed by atoms with van der Waals surface area (Å²) >= 11 is 4.71. The Balaban J connectivity index is 1.91. The van der Waals surface area contributed by atoms with Gasteiger partial charge in [-0.2, -0.15) is 0 Å². The van der Waals surface area contributed by atoms with Gasteiger partial charge in [-0.1, -0.05) is 65.5 Å². The van der Waals surface area contributed by atoms with Crippen LogP contribution in [0.2, 0.25) is 0 Å². The van der Waals surface area contributed by atoms with Gasteiger partial charge in [-0.05, 0) is 63.4 Å². The molecule has 0 spiro atoms. The molecule has 0 amide bonds. The summed E-state index contributed by atoms with van der Waals surface area (Å²) < 4.78 is 11.7. The Labute approximate surface area is 185 Å². The second kappa shape index (κ2) is 6.48. The van der Waals surface area contributed by atoms with Crippen molar-refractivity contribution in [2.24, 2.45) is 0 Å². The van der Waals surface area contributed by atoms with Gasteiger partial charge in [-0.25, -0.2) is 0 Å². The Morgan fingerprint density at radius 1 is 0.741 bits per heavy atom. The highest BCUT2D eigenvalue weighted by atomic mass is 127. The number of halogens is 2. The van der Waals surface area contributed by atoms with Crippen LogP contribution in [0.4, 0.5) is 0 Å². The van der Waals surface area contributed by atoms with Crippen LogP contribution in [0.25, 0.3) is 10.9 Å². The van der Waals surface area contributed by atoms with Crippen molar-refractivity contribution in [1.82, 2.24) is 0 Å². The van der Waals surface area contributed by atoms with Crippen molar-refractivity contribution in [3.63, 3.8) is 0 Å². The van der Waals surface area contributed by atoms with Crippen molar-refractivity contribution in [2.75, 3.05) is 0 Å². The molecule has 2 heterocycles. The van der Waals surface area contributed by atoms with Crippen LogP contribution in [0.5, 0.6) is 5.75 Å². The normalized spacial score (nSPS) is 14.3. The third-order valence-corrected chi connectivity index (χ3v) is 6.90. The molecular weight excluding hydrogens is 559 g/mol. The molecule has 27 heavy (non-hydrogen) atoms. The van der Waals surface area contributed by atoms with Gasteiger partial charge >= 0.3 is 6.48 Å². The van der Waals surface area contributed by atoms with E-state index in [0.29, 0.717) is 0 Å². The number of rotatable bonds is 2. The first kappa shape index (κ1) is 17.5. The molecular formula is C22H16BI2NO. The average Bonchev–Trinajstić information content (AvgIpc) is 3.04. The molecule has 0 saturated heterocycles. The van der Waals surface area contributed by atoms with Crippen molar-refractivity contribution in [3.05, 3.63) is 91.7 Å². The number of aryl methyl sites for hydroxylation is 1. The van der Waals surface area contributed by atoms with Gasteiger partial charge in [0, 0.05) is 25.5 Å². The number of para-hydroxylation sites is 1. The highest BCUT2D eigenvalue weighted by molar-refractivity contribution is 14.1. The molecule has 5 heteroatoms. The van der Waals surface area contributed by atoms with Crippen LogP contribution < -0.4 is 20.1 Å². The van der Waals surface area contributed by atoms with E-state index in [1.54, 1.807) is 0 Å². The minimum absolute atomic E-state index is 0.952. The van der Waals surface area contributed by atoms with Crippen LogP contribution in [-0.4, -0.2) is 6.48 Å². The fraction of sp³-hybridized carbons (Fsp3) is 0.0455. The quantitative estimate of drug-likeness (QED) is 0.259. The summed E-state index contributed by atoms with van der Waals surface area (Å²) in [5.74, 6) is 0.952. The molecule has 0 radical (unpaired) electrons. The average molecular weight is 575 g/mol. The van der Waals surface area contributed by atoms with E-state index in [4.69, 9.17) is 4.65 Å². The molecule has 0 aliphatic carbocycles. The van der Waals surface area contributed by atoms with Crippen LogP contribution in [0, 0.1) is 14.1 Å². The number of hydrogen-bond acceptors (Lipinski definition) is 1. The van der Waals surface area contributed by atoms with E-state index in [-0.39, 0.29) is 0 Å². The maximum Gasteiger partial charge on any atom is 0.514 e. The zero-order valence-electron chi connectivity index (χ0n) is 14.7. The lowest BCUT2D eigenvalue weighted by Crippen LogP contribution is -2.81. The first-order valence-corrected chi connectivity index (χ1v) is 11.1. The first-order valence-electron chi connectivity index (χ1n) is 8.90. The first-order chi connectivity index (χ1) is 13.1. The summed E-state index contributed by atoms with van der Waals surface area (Å²) in [5, 5.41) is 1.21. The third-order valence-electron chi connectivity index (χ3n) is 5.46. The van der Waals surface area contributed by atoms with E-state index >= 15 is 0 Å². The van der Waals surface area contributed by atoms with E-state index in [1.807, 2.05) is 0 Å². The highest BCUT2D eigenvalue weighted by Gasteiger charge is 2.51.